The van der Waals surface area contributed by atoms with E-state index >= 15 is 0 Å². The molecule has 1 heterocycles. The topological polar surface area (TPSA) is 60.5 Å². The van der Waals surface area contributed by atoms with Gasteiger partial charge in [0.2, 0.25) is 5.88 Å². The SMILES string of the molecule is CNC(=O)c1cc(OC2CC2)cc(OC(C)C)n1. The van der Waals surface area contributed by atoms with Crippen molar-refractivity contribution < 1.29 is 14.3 Å². The van der Waals surface area contributed by atoms with Crippen LogP contribution in [-0.2, 0) is 0 Å². The highest BCUT2D eigenvalue weighted by Gasteiger charge is 2.24. The maximum atomic E-state index is 11.6. The molecule has 0 atom stereocenters. The number of hydrogen-bond acceptors (Lipinski definition) is 4. The fraction of sp³-hybridized carbons (Fsp3) is 0.538. The molecule has 98 valence electrons. The van der Waals surface area contributed by atoms with E-state index in [1.807, 2.05) is 13.8 Å². The smallest absolute Gasteiger partial charge is 0.269 e. The summed E-state index contributed by atoms with van der Waals surface area (Å²) < 4.78 is 11.2. The van der Waals surface area contributed by atoms with E-state index in [4.69, 9.17) is 9.47 Å². The van der Waals surface area contributed by atoms with Gasteiger partial charge in [0.05, 0.1) is 12.2 Å². The first-order valence-corrected chi connectivity index (χ1v) is 6.16. The number of aromatic nitrogens is 1. The summed E-state index contributed by atoms with van der Waals surface area (Å²) in [6, 6.07) is 3.37. The van der Waals surface area contributed by atoms with Gasteiger partial charge in [-0.25, -0.2) is 4.98 Å². The Kier molecular flexibility index (Phi) is 3.69. The van der Waals surface area contributed by atoms with Crippen molar-refractivity contribution in [3.8, 4) is 11.6 Å². The van der Waals surface area contributed by atoms with Crippen LogP contribution >= 0.6 is 0 Å². The van der Waals surface area contributed by atoms with Gasteiger partial charge in [0.25, 0.3) is 5.91 Å². The summed E-state index contributed by atoms with van der Waals surface area (Å²) in [6.07, 6.45) is 2.42. The molecule has 0 radical (unpaired) electrons. The zero-order valence-electron chi connectivity index (χ0n) is 10.9. The Balaban J connectivity index is 2.24. The maximum absolute atomic E-state index is 11.6. The van der Waals surface area contributed by atoms with Crippen molar-refractivity contribution in [2.75, 3.05) is 7.05 Å². The molecule has 1 N–H and O–H groups in total. The number of nitrogens with one attached hydrogen (secondary N) is 1. The second-order valence-corrected chi connectivity index (χ2v) is 4.59. The van der Waals surface area contributed by atoms with E-state index in [9.17, 15) is 4.79 Å². The van der Waals surface area contributed by atoms with Crippen molar-refractivity contribution in [3.05, 3.63) is 17.8 Å². The average Bonchev–Trinajstić information content (AvgIpc) is 3.10. The van der Waals surface area contributed by atoms with Crippen molar-refractivity contribution in [3.63, 3.8) is 0 Å². The molecule has 5 heteroatoms. The second-order valence-electron chi connectivity index (χ2n) is 4.59. The van der Waals surface area contributed by atoms with Crippen molar-refractivity contribution in [1.82, 2.24) is 10.3 Å². The monoisotopic (exact) mass is 250 g/mol. The Bertz CT molecular complexity index is 420. The largest absolute Gasteiger partial charge is 0.490 e. The summed E-state index contributed by atoms with van der Waals surface area (Å²) in [7, 11) is 1.57. The molecule has 1 aromatic rings. The van der Waals surface area contributed by atoms with Crippen LogP contribution in [0.25, 0.3) is 0 Å². The van der Waals surface area contributed by atoms with E-state index in [0.717, 1.165) is 12.8 Å². The molecule has 1 saturated carbocycles. The predicted octanol–water partition coefficient (Wildman–Crippen LogP) is 1.77. The van der Waals surface area contributed by atoms with E-state index in [1.54, 1.807) is 19.2 Å². The van der Waals surface area contributed by atoms with Gasteiger partial charge in [-0.1, -0.05) is 0 Å². The first-order valence-electron chi connectivity index (χ1n) is 6.16. The van der Waals surface area contributed by atoms with Gasteiger partial charge in [-0.15, -0.1) is 0 Å². The third kappa shape index (κ3) is 3.35. The Morgan fingerprint density at radius 3 is 2.72 bits per heavy atom. The van der Waals surface area contributed by atoms with Gasteiger partial charge in [-0.05, 0) is 26.7 Å². The molecular weight excluding hydrogens is 232 g/mol. The highest BCUT2D eigenvalue weighted by atomic mass is 16.5. The van der Waals surface area contributed by atoms with Gasteiger partial charge in [-0.2, -0.15) is 0 Å². The molecule has 1 aromatic heterocycles. The van der Waals surface area contributed by atoms with Crippen molar-refractivity contribution in [2.45, 2.75) is 38.9 Å². The van der Waals surface area contributed by atoms with Crippen LogP contribution in [0.2, 0.25) is 0 Å². The summed E-state index contributed by atoms with van der Waals surface area (Å²) in [5, 5.41) is 2.55. The standard InChI is InChI=1S/C13H18N2O3/c1-8(2)17-12-7-10(18-9-4-5-9)6-11(15-12)13(16)14-3/h6-9H,4-5H2,1-3H3,(H,14,16). The lowest BCUT2D eigenvalue weighted by Gasteiger charge is -2.12. The highest BCUT2D eigenvalue weighted by Crippen LogP contribution is 2.29. The van der Waals surface area contributed by atoms with Gasteiger partial charge in [0.15, 0.2) is 0 Å². The normalized spacial score (nSPS) is 14.4. The van der Waals surface area contributed by atoms with Crippen LogP contribution in [0, 0.1) is 0 Å². The minimum absolute atomic E-state index is 0.00575. The van der Waals surface area contributed by atoms with Crippen LogP contribution in [0.3, 0.4) is 0 Å². The molecule has 1 amide bonds. The quantitative estimate of drug-likeness (QED) is 0.865. The predicted molar refractivity (Wildman–Crippen MR) is 67.0 cm³/mol. The summed E-state index contributed by atoms with van der Waals surface area (Å²) >= 11 is 0. The lowest BCUT2D eigenvalue weighted by atomic mass is 10.3. The first-order chi connectivity index (χ1) is 8.58. The fourth-order valence-corrected chi connectivity index (χ4v) is 1.47. The van der Waals surface area contributed by atoms with Crippen LogP contribution in [0.15, 0.2) is 12.1 Å². The van der Waals surface area contributed by atoms with Crippen molar-refractivity contribution >= 4 is 5.91 Å². The van der Waals surface area contributed by atoms with Gasteiger partial charge in [0.1, 0.15) is 11.4 Å². The Hall–Kier alpha value is -1.78. The number of amides is 1. The lowest BCUT2D eigenvalue weighted by molar-refractivity contribution is 0.0955. The summed E-state index contributed by atoms with van der Waals surface area (Å²) in [6.45, 7) is 3.82. The van der Waals surface area contributed by atoms with E-state index in [0.29, 0.717) is 17.3 Å². The highest BCUT2D eigenvalue weighted by molar-refractivity contribution is 5.92. The van der Waals surface area contributed by atoms with Crippen LogP contribution in [0.1, 0.15) is 37.2 Å². The number of pyridine rings is 1. The van der Waals surface area contributed by atoms with Crippen LogP contribution in [0.5, 0.6) is 11.6 Å². The number of rotatable bonds is 5. The number of carbonyl (C=O) groups is 1. The molecule has 18 heavy (non-hydrogen) atoms. The van der Waals surface area contributed by atoms with Crippen LogP contribution < -0.4 is 14.8 Å². The summed E-state index contributed by atoms with van der Waals surface area (Å²) in [5.41, 5.74) is 0.311. The molecule has 0 unspecified atom stereocenters. The average molecular weight is 250 g/mol. The second kappa shape index (κ2) is 5.25. The Morgan fingerprint density at radius 1 is 1.44 bits per heavy atom. The number of nitrogens with zero attached hydrogens (tertiary/aromatic N) is 1. The van der Waals surface area contributed by atoms with Gasteiger partial charge in [0, 0.05) is 19.2 Å². The van der Waals surface area contributed by atoms with Gasteiger partial charge < -0.3 is 14.8 Å². The van der Waals surface area contributed by atoms with Crippen LogP contribution in [-0.4, -0.2) is 30.1 Å². The molecule has 0 bridgehead atoms. The van der Waals surface area contributed by atoms with E-state index in [2.05, 4.69) is 10.3 Å². The number of ether oxygens (including phenoxy) is 2. The van der Waals surface area contributed by atoms with Gasteiger partial charge in [-0.3, -0.25) is 4.79 Å². The van der Waals surface area contributed by atoms with E-state index < -0.39 is 0 Å². The number of hydrogen-bond donors (Lipinski definition) is 1. The molecule has 1 aliphatic carbocycles. The van der Waals surface area contributed by atoms with Gasteiger partial charge >= 0.3 is 0 Å². The zero-order valence-corrected chi connectivity index (χ0v) is 10.9. The van der Waals surface area contributed by atoms with Crippen molar-refractivity contribution in [2.24, 2.45) is 0 Å². The zero-order chi connectivity index (χ0) is 13.1. The van der Waals surface area contributed by atoms with Crippen LogP contribution in [0.4, 0.5) is 0 Å². The van der Waals surface area contributed by atoms with Crippen molar-refractivity contribution in [1.29, 1.82) is 0 Å². The summed E-state index contributed by atoms with van der Waals surface area (Å²) in [4.78, 5) is 15.8. The minimum Gasteiger partial charge on any atom is -0.490 e. The molecule has 0 aromatic carbocycles. The Labute approximate surface area is 107 Å². The molecule has 1 fully saturated rings. The molecule has 0 saturated heterocycles. The molecule has 0 aliphatic heterocycles. The maximum Gasteiger partial charge on any atom is 0.269 e. The third-order valence-electron chi connectivity index (χ3n) is 2.42. The lowest BCUT2D eigenvalue weighted by Crippen LogP contribution is -2.20. The van der Waals surface area contributed by atoms with E-state index in [1.165, 1.54) is 0 Å². The van der Waals surface area contributed by atoms with E-state index in [-0.39, 0.29) is 18.1 Å². The molecule has 5 nitrogen and oxygen atoms in total. The fourth-order valence-electron chi connectivity index (χ4n) is 1.47. The Morgan fingerprint density at radius 2 is 2.17 bits per heavy atom. The third-order valence-corrected chi connectivity index (χ3v) is 2.42. The summed E-state index contributed by atoms with van der Waals surface area (Å²) in [5.74, 6) is 0.813. The first kappa shape index (κ1) is 12.7. The minimum atomic E-state index is -0.246. The number of carbonyl (C=O) groups excluding carboxylic acids is 1. The molecular formula is C13H18N2O3. The molecule has 1 aliphatic rings. The molecule has 0 spiro atoms. The molecule has 2 rings (SSSR count).